The number of rotatable bonds is 10. The number of carbonyl (C=O) groups is 2. The van der Waals surface area contributed by atoms with Gasteiger partial charge in [0.25, 0.3) is 5.91 Å². The number of nitrogens with one attached hydrogen (secondary N) is 3. The molecule has 232 valence electrons. The molecule has 3 N–H and O–H groups in total. The molecule has 2 aliphatic carbocycles. The number of carbonyl (C=O) groups excluding carboxylic acids is 2. The smallest absolute Gasteiger partial charge is 0.407 e. The molecule has 0 bridgehead atoms. The third-order valence-electron chi connectivity index (χ3n) is 8.30. The van der Waals surface area contributed by atoms with Gasteiger partial charge >= 0.3 is 6.09 Å². The minimum absolute atomic E-state index is 0.125. The average Bonchev–Trinajstić information content (AvgIpc) is 3.67. The van der Waals surface area contributed by atoms with Crippen molar-refractivity contribution in [3.63, 3.8) is 0 Å². The van der Waals surface area contributed by atoms with Crippen LogP contribution in [-0.4, -0.2) is 40.7 Å². The fourth-order valence-corrected chi connectivity index (χ4v) is 6.19. The standard InChI is InChI=1S/C36H39N5O3S/c1-35(2,3)44-34(43)39-23-36(15-16-36)29-12-6-11-28(20-29)32(42)38-21-30(25-7-4-8-25)40-33-41-31(22-45-33)27-10-5-9-26(19-27)24-13-17-37-18-14-24/h5-6,9-14,17-20,22H,4,7-8,15-16,21,23H2,1-3H3,(H,38,42)(H,39,43)(H,40,41). The summed E-state index contributed by atoms with van der Waals surface area (Å²) in [5.41, 5.74) is 7.50. The first-order valence-electron chi connectivity index (χ1n) is 15.5. The van der Waals surface area contributed by atoms with Gasteiger partial charge in [-0.25, -0.2) is 9.78 Å². The zero-order valence-electron chi connectivity index (χ0n) is 26.0. The molecule has 2 heterocycles. The number of aromatic nitrogens is 2. The van der Waals surface area contributed by atoms with Crippen LogP contribution in [0.25, 0.3) is 22.4 Å². The second-order valence-electron chi connectivity index (χ2n) is 12.8. The van der Waals surface area contributed by atoms with Crippen LogP contribution in [0.2, 0.25) is 0 Å². The number of allylic oxidation sites excluding steroid dienone is 1. The summed E-state index contributed by atoms with van der Waals surface area (Å²) in [7, 11) is 0. The van der Waals surface area contributed by atoms with Crippen LogP contribution in [0.3, 0.4) is 0 Å². The number of benzene rings is 2. The SMILES string of the molecule is CC(C)(C)OC(=O)NCC1(c2cccc(C(=O)NCC(Nc3nc(-c4cccc(-c5ccncc5)c4)cs3)=C3CCC3)c2)CC1. The zero-order chi connectivity index (χ0) is 31.4. The van der Waals surface area contributed by atoms with E-state index in [9.17, 15) is 9.59 Å². The van der Waals surface area contributed by atoms with Crippen LogP contribution in [-0.2, 0) is 10.2 Å². The molecular formula is C36H39N5O3S. The van der Waals surface area contributed by atoms with Crippen LogP contribution in [0.5, 0.6) is 0 Å². The monoisotopic (exact) mass is 621 g/mol. The lowest BCUT2D eigenvalue weighted by molar-refractivity contribution is 0.0522. The van der Waals surface area contributed by atoms with Gasteiger partial charge in [0.05, 0.1) is 12.2 Å². The van der Waals surface area contributed by atoms with Gasteiger partial charge in [-0.3, -0.25) is 9.78 Å². The number of alkyl carbamates (subject to hydrolysis) is 1. The van der Waals surface area contributed by atoms with Gasteiger partial charge in [-0.1, -0.05) is 30.3 Å². The maximum absolute atomic E-state index is 13.3. The first kappa shape index (κ1) is 30.5. The minimum Gasteiger partial charge on any atom is -0.444 e. The van der Waals surface area contributed by atoms with E-state index < -0.39 is 11.7 Å². The summed E-state index contributed by atoms with van der Waals surface area (Å²) in [6.45, 7) is 6.43. The molecule has 2 aliphatic rings. The number of pyridine rings is 1. The van der Waals surface area contributed by atoms with Crippen LogP contribution in [0, 0.1) is 0 Å². The third kappa shape index (κ3) is 7.60. The van der Waals surface area contributed by atoms with Crippen molar-refractivity contribution in [3.05, 3.63) is 101 Å². The molecular weight excluding hydrogens is 582 g/mol. The lowest BCUT2D eigenvalue weighted by Crippen LogP contribution is -2.37. The number of ether oxygens (including phenoxy) is 1. The molecule has 0 spiro atoms. The highest BCUT2D eigenvalue weighted by atomic mass is 32.1. The minimum atomic E-state index is -0.546. The normalized spacial score (nSPS) is 15.0. The predicted octanol–water partition coefficient (Wildman–Crippen LogP) is 7.71. The molecule has 9 heteroatoms. The van der Waals surface area contributed by atoms with E-state index in [0.29, 0.717) is 18.7 Å². The lowest BCUT2D eigenvalue weighted by Gasteiger charge is -2.23. The average molecular weight is 622 g/mol. The van der Waals surface area contributed by atoms with Crippen LogP contribution < -0.4 is 16.0 Å². The molecule has 2 aromatic carbocycles. The van der Waals surface area contributed by atoms with Crippen molar-refractivity contribution >= 4 is 28.5 Å². The highest BCUT2D eigenvalue weighted by Crippen LogP contribution is 2.47. The molecule has 0 unspecified atom stereocenters. The number of nitrogens with zero attached hydrogens (tertiary/aromatic N) is 2. The Morgan fingerprint density at radius 1 is 0.933 bits per heavy atom. The van der Waals surface area contributed by atoms with Crippen LogP contribution in [0.15, 0.2) is 89.7 Å². The Hall–Kier alpha value is -4.50. The van der Waals surface area contributed by atoms with Gasteiger partial charge in [0.15, 0.2) is 5.13 Å². The molecule has 0 aliphatic heterocycles. The zero-order valence-corrected chi connectivity index (χ0v) is 26.8. The summed E-state index contributed by atoms with van der Waals surface area (Å²) in [5, 5.41) is 12.4. The highest BCUT2D eigenvalue weighted by Gasteiger charge is 2.44. The Labute approximate surface area is 268 Å². The van der Waals surface area contributed by atoms with Crippen molar-refractivity contribution in [1.82, 2.24) is 20.6 Å². The molecule has 2 aromatic heterocycles. The molecule has 2 amide bonds. The van der Waals surface area contributed by atoms with E-state index >= 15 is 0 Å². The van der Waals surface area contributed by atoms with Crippen molar-refractivity contribution in [2.75, 3.05) is 18.4 Å². The molecule has 0 radical (unpaired) electrons. The fourth-order valence-electron chi connectivity index (χ4n) is 5.44. The molecule has 2 fully saturated rings. The number of anilines is 1. The van der Waals surface area contributed by atoms with Gasteiger partial charge in [-0.05, 0) is 105 Å². The Morgan fingerprint density at radius 2 is 1.69 bits per heavy atom. The molecule has 4 aromatic rings. The van der Waals surface area contributed by atoms with Crippen LogP contribution in [0.1, 0.15) is 68.8 Å². The van der Waals surface area contributed by atoms with E-state index in [1.807, 2.05) is 63.2 Å². The molecule has 0 saturated heterocycles. The largest absolute Gasteiger partial charge is 0.444 e. The maximum atomic E-state index is 13.3. The van der Waals surface area contributed by atoms with E-state index in [4.69, 9.17) is 9.72 Å². The summed E-state index contributed by atoms with van der Waals surface area (Å²) < 4.78 is 5.40. The summed E-state index contributed by atoms with van der Waals surface area (Å²) in [4.78, 5) is 34.6. The Morgan fingerprint density at radius 3 is 2.40 bits per heavy atom. The van der Waals surface area contributed by atoms with E-state index in [2.05, 4.69) is 44.5 Å². The first-order chi connectivity index (χ1) is 21.7. The maximum Gasteiger partial charge on any atom is 0.407 e. The predicted molar refractivity (Wildman–Crippen MR) is 179 cm³/mol. The molecule has 8 nitrogen and oxygen atoms in total. The molecule has 45 heavy (non-hydrogen) atoms. The summed E-state index contributed by atoms with van der Waals surface area (Å²) >= 11 is 1.56. The Kier molecular flexibility index (Phi) is 8.72. The number of thiazole rings is 1. The van der Waals surface area contributed by atoms with E-state index in [1.54, 1.807) is 23.7 Å². The number of hydrogen-bond acceptors (Lipinski definition) is 7. The summed E-state index contributed by atoms with van der Waals surface area (Å²) in [6, 6.07) is 20.1. The third-order valence-corrected chi connectivity index (χ3v) is 9.06. The molecule has 0 atom stereocenters. The van der Waals surface area contributed by atoms with Gasteiger partial charge in [-0.15, -0.1) is 11.3 Å². The van der Waals surface area contributed by atoms with Crippen molar-refractivity contribution in [2.24, 2.45) is 0 Å². The fraction of sp³-hybridized carbons (Fsp3) is 0.333. The quantitative estimate of drug-likeness (QED) is 0.168. The van der Waals surface area contributed by atoms with E-state index in [0.717, 1.165) is 70.9 Å². The Balaban J connectivity index is 1.09. The first-order valence-corrected chi connectivity index (χ1v) is 16.4. The van der Waals surface area contributed by atoms with Crippen LogP contribution in [0.4, 0.5) is 9.93 Å². The van der Waals surface area contributed by atoms with Gasteiger partial charge < -0.3 is 20.7 Å². The second-order valence-corrected chi connectivity index (χ2v) is 13.7. The second kappa shape index (κ2) is 12.9. The molecule has 6 rings (SSSR count). The van der Waals surface area contributed by atoms with Crippen molar-refractivity contribution in [2.45, 2.75) is 63.9 Å². The van der Waals surface area contributed by atoms with E-state index in [-0.39, 0.29) is 11.3 Å². The van der Waals surface area contributed by atoms with E-state index in [1.165, 1.54) is 5.57 Å². The summed E-state index contributed by atoms with van der Waals surface area (Å²) in [6.07, 6.45) is 8.29. The topological polar surface area (TPSA) is 105 Å². The van der Waals surface area contributed by atoms with Gasteiger partial charge in [0, 0.05) is 46.6 Å². The van der Waals surface area contributed by atoms with Crippen molar-refractivity contribution < 1.29 is 14.3 Å². The van der Waals surface area contributed by atoms with Crippen LogP contribution >= 0.6 is 11.3 Å². The Bertz CT molecular complexity index is 1710. The summed E-state index contributed by atoms with van der Waals surface area (Å²) in [5.74, 6) is -0.125. The highest BCUT2D eigenvalue weighted by molar-refractivity contribution is 7.14. The van der Waals surface area contributed by atoms with Gasteiger partial charge in [0.1, 0.15) is 5.60 Å². The number of hydrogen-bond donors (Lipinski definition) is 3. The number of amides is 2. The van der Waals surface area contributed by atoms with Gasteiger partial charge in [-0.2, -0.15) is 0 Å². The lowest BCUT2D eigenvalue weighted by atomic mass is 9.90. The van der Waals surface area contributed by atoms with Crippen molar-refractivity contribution in [3.8, 4) is 22.4 Å². The molecule has 2 saturated carbocycles. The van der Waals surface area contributed by atoms with Crippen molar-refractivity contribution in [1.29, 1.82) is 0 Å². The van der Waals surface area contributed by atoms with Gasteiger partial charge in [0.2, 0.25) is 0 Å².